The van der Waals surface area contributed by atoms with Crippen molar-refractivity contribution in [3.05, 3.63) is 59.2 Å². The Balaban J connectivity index is 1.77. The van der Waals surface area contributed by atoms with E-state index in [0.29, 0.717) is 31.5 Å². The van der Waals surface area contributed by atoms with Gasteiger partial charge in [-0.3, -0.25) is 9.59 Å². The molecular weight excluding hydrogens is 449 g/mol. The summed E-state index contributed by atoms with van der Waals surface area (Å²) in [5, 5.41) is 13.1. The molecule has 0 spiro atoms. The fraction of sp³-hybridized carbons (Fsp3) is 0.440. The second-order valence-corrected chi connectivity index (χ2v) is 8.88. The zero-order valence-electron chi connectivity index (χ0n) is 19.4. The third kappa shape index (κ3) is 6.08. The van der Waals surface area contributed by atoms with Crippen LogP contribution in [-0.4, -0.2) is 47.6 Å². The van der Waals surface area contributed by atoms with Crippen molar-refractivity contribution in [1.82, 2.24) is 10.2 Å². The number of piperidine rings is 1. The molecule has 1 heterocycles. The summed E-state index contributed by atoms with van der Waals surface area (Å²) >= 11 is 0. The van der Waals surface area contributed by atoms with E-state index >= 15 is 0 Å². The van der Waals surface area contributed by atoms with Crippen LogP contribution in [0.5, 0.6) is 11.5 Å². The summed E-state index contributed by atoms with van der Waals surface area (Å²) < 4.78 is 46.1. The van der Waals surface area contributed by atoms with Crippen LogP contribution in [0.15, 0.2) is 42.5 Å². The van der Waals surface area contributed by atoms with Crippen molar-refractivity contribution >= 4 is 11.8 Å². The number of amides is 2. The van der Waals surface area contributed by atoms with E-state index < -0.39 is 17.3 Å². The Labute approximate surface area is 196 Å². The molecule has 2 aromatic rings. The predicted molar refractivity (Wildman–Crippen MR) is 121 cm³/mol. The summed E-state index contributed by atoms with van der Waals surface area (Å²) in [5.74, 6) is -0.341. The molecule has 0 radical (unpaired) electrons. The maximum absolute atomic E-state index is 13.5. The molecule has 2 amide bonds. The maximum Gasteiger partial charge on any atom is 0.416 e. The van der Waals surface area contributed by atoms with E-state index in [9.17, 15) is 27.9 Å². The monoisotopic (exact) mass is 478 g/mol. The average molecular weight is 479 g/mol. The van der Waals surface area contributed by atoms with Crippen molar-refractivity contribution in [2.24, 2.45) is 5.92 Å². The lowest BCUT2D eigenvalue weighted by atomic mass is 9.81. The van der Waals surface area contributed by atoms with Gasteiger partial charge in [-0.15, -0.1) is 0 Å². The first-order chi connectivity index (χ1) is 15.9. The lowest BCUT2D eigenvalue weighted by Crippen LogP contribution is -2.49. The Morgan fingerprint density at radius 2 is 1.71 bits per heavy atom. The standard InChI is InChI=1S/C25H29F3N2O4/c1-16(2)24(33)8-10-30(11-9-24)22(31)14-17-12-19(25(26,27)28)15-21(13-17)34-20-6-4-18(5-7-20)23(32)29-3/h4-7,12-13,15-16,33H,8-11,14H2,1-3H3,(H,29,32). The summed E-state index contributed by atoms with van der Waals surface area (Å²) in [5.41, 5.74) is -1.18. The van der Waals surface area contributed by atoms with Crippen LogP contribution in [0.3, 0.4) is 0 Å². The van der Waals surface area contributed by atoms with Crippen molar-refractivity contribution in [3.63, 3.8) is 0 Å². The molecule has 1 fully saturated rings. The number of aliphatic hydroxyl groups is 1. The highest BCUT2D eigenvalue weighted by Gasteiger charge is 2.36. The average Bonchev–Trinajstić information content (AvgIpc) is 2.78. The van der Waals surface area contributed by atoms with Gasteiger partial charge in [-0.1, -0.05) is 13.8 Å². The number of nitrogens with one attached hydrogen (secondary N) is 1. The molecule has 3 rings (SSSR count). The second-order valence-electron chi connectivity index (χ2n) is 8.88. The number of hydrogen-bond acceptors (Lipinski definition) is 4. The molecule has 2 aromatic carbocycles. The van der Waals surface area contributed by atoms with Crippen LogP contribution in [0.2, 0.25) is 0 Å². The number of halogens is 3. The second kappa shape index (κ2) is 10.0. The molecule has 0 unspecified atom stereocenters. The van der Waals surface area contributed by atoms with E-state index in [4.69, 9.17) is 4.74 Å². The topological polar surface area (TPSA) is 78.9 Å². The minimum absolute atomic E-state index is 0.0540. The number of rotatable bonds is 6. The van der Waals surface area contributed by atoms with E-state index in [1.165, 1.54) is 37.4 Å². The van der Waals surface area contributed by atoms with Crippen molar-refractivity contribution < 1.29 is 32.6 Å². The third-order valence-corrected chi connectivity index (χ3v) is 6.28. The number of hydrogen-bond donors (Lipinski definition) is 2. The molecule has 0 aliphatic carbocycles. The lowest BCUT2D eigenvalue weighted by molar-refractivity contribution is -0.138. The van der Waals surface area contributed by atoms with Gasteiger partial charge in [0.15, 0.2) is 0 Å². The molecule has 2 N–H and O–H groups in total. The van der Waals surface area contributed by atoms with Gasteiger partial charge in [0.25, 0.3) is 5.91 Å². The van der Waals surface area contributed by atoms with Gasteiger partial charge in [0.2, 0.25) is 5.91 Å². The minimum atomic E-state index is -4.61. The number of benzene rings is 2. The molecule has 9 heteroatoms. The van der Waals surface area contributed by atoms with Crippen molar-refractivity contribution in [2.75, 3.05) is 20.1 Å². The van der Waals surface area contributed by atoms with Crippen LogP contribution < -0.4 is 10.1 Å². The summed E-state index contributed by atoms with van der Waals surface area (Å²) in [6, 6.07) is 9.21. The van der Waals surface area contributed by atoms with Crippen molar-refractivity contribution in [1.29, 1.82) is 0 Å². The van der Waals surface area contributed by atoms with Crippen LogP contribution in [0.25, 0.3) is 0 Å². The van der Waals surface area contributed by atoms with E-state index in [1.807, 2.05) is 13.8 Å². The Morgan fingerprint density at radius 3 is 2.24 bits per heavy atom. The Morgan fingerprint density at radius 1 is 1.09 bits per heavy atom. The Kier molecular flexibility index (Phi) is 7.55. The normalized spacial score (nSPS) is 15.8. The number of carbonyl (C=O) groups excluding carboxylic acids is 2. The van der Waals surface area contributed by atoms with Gasteiger partial charge in [-0.05, 0) is 66.8 Å². The molecule has 1 aliphatic heterocycles. The largest absolute Gasteiger partial charge is 0.457 e. The zero-order chi connectivity index (χ0) is 25.1. The van der Waals surface area contributed by atoms with E-state index in [-0.39, 0.29) is 41.2 Å². The molecule has 0 atom stereocenters. The van der Waals surface area contributed by atoms with Crippen LogP contribution in [-0.2, 0) is 17.4 Å². The molecule has 0 aromatic heterocycles. The summed E-state index contributed by atoms with van der Waals surface area (Å²) in [6.07, 6.45) is -3.96. The molecule has 1 aliphatic rings. The van der Waals surface area contributed by atoms with Gasteiger partial charge in [0, 0.05) is 25.7 Å². The van der Waals surface area contributed by atoms with Crippen LogP contribution in [0.1, 0.15) is 48.2 Å². The fourth-order valence-corrected chi connectivity index (χ4v) is 3.95. The van der Waals surface area contributed by atoms with E-state index in [1.54, 1.807) is 4.90 Å². The van der Waals surface area contributed by atoms with Crippen molar-refractivity contribution in [2.45, 2.75) is 44.9 Å². The molecule has 1 saturated heterocycles. The molecule has 6 nitrogen and oxygen atoms in total. The number of ether oxygens (including phenoxy) is 1. The first kappa shape index (κ1) is 25.6. The summed E-state index contributed by atoms with van der Waals surface area (Å²) in [7, 11) is 1.49. The van der Waals surface area contributed by atoms with Crippen LogP contribution in [0.4, 0.5) is 13.2 Å². The summed E-state index contributed by atoms with van der Waals surface area (Å²) in [6.45, 7) is 4.56. The number of nitrogens with zero attached hydrogens (tertiary/aromatic N) is 1. The van der Waals surface area contributed by atoms with Crippen molar-refractivity contribution in [3.8, 4) is 11.5 Å². The van der Waals surface area contributed by atoms with Gasteiger partial charge in [-0.2, -0.15) is 13.2 Å². The zero-order valence-corrected chi connectivity index (χ0v) is 19.4. The van der Waals surface area contributed by atoms with Gasteiger partial charge in [0.1, 0.15) is 11.5 Å². The van der Waals surface area contributed by atoms with Gasteiger partial charge >= 0.3 is 6.18 Å². The molecule has 0 saturated carbocycles. The highest BCUT2D eigenvalue weighted by atomic mass is 19.4. The lowest BCUT2D eigenvalue weighted by Gasteiger charge is -2.40. The van der Waals surface area contributed by atoms with Crippen LogP contribution in [0, 0.1) is 5.92 Å². The first-order valence-corrected chi connectivity index (χ1v) is 11.1. The summed E-state index contributed by atoms with van der Waals surface area (Å²) in [4.78, 5) is 26.0. The molecule has 184 valence electrons. The van der Waals surface area contributed by atoms with Crippen LogP contribution >= 0.6 is 0 Å². The van der Waals surface area contributed by atoms with Gasteiger partial charge < -0.3 is 20.1 Å². The number of alkyl halides is 3. The molecule has 34 heavy (non-hydrogen) atoms. The van der Waals surface area contributed by atoms with E-state index in [0.717, 1.165) is 12.1 Å². The van der Waals surface area contributed by atoms with Gasteiger partial charge in [0.05, 0.1) is 17.6 Å². The Hall–Kier alpha value is -3.07. The van der Waals surface area contributed by atoms with E-state index in [2.05, 4.69) is 5.32 Å². The maximum atomic E-state index is 13.5. The smallest absolute Gasteiger partial charge is 0.416 e. The molecular formula is C25H29F3N2O4. The minimum Gasteiger partial charge on any atom is -0.457 e. The predicted octanol–water partition coefficient (Wildman–Crippen LogP) is 4.41. The van der Waals surface area contributed by atoms with Gasteiger partial charge in [-0.25, -0.2) is 0 Å². The SMILES string of the molecule is CNC(=O)c1ccc(Oc2cc(CC(=O)N3CCC(O)(C(C)C)CC3)cc(C(F)(F)F)c2)cc1. The highest BCUT2D eigenvalue weighted by Crippen LogP contribution is 2.35. The quantitative estimate of drug-likeness (QED) is 0.645. The third-order valence-electron chi connectivity index (χ3n) is 6.28. The first-order valence-electron chi connectivity index (χ1n) is 11.1. The molecule has 0 bridgehead atoms. The fourth-order valence-electron chi connectivity index (χ4n) is 3.95. The number of likely N-dealkylation sites (tertiary alicyclic amines) is 1. The highest BCUT2D eigenvalue weighted by molar-refractivity contribution is 5.94. The number of carbonyl (C=O) groups is 2. The Bertz CT molecular complexity index is 1030.